The first-order chi connectivity index (χ1) is 7.65. The monoisotopic (exact) mass is 237 g/mol. The smallest absolute Gasteiger partial charge is 0.265 e. The molecule has 0 aliphatic carbocycles. The van der Waals surface area contributed by atoms with Crippen LogP contribution in [0.25, 0.3) is 0 Å². The summed E-state index contributed by atoms with van der Waals surface area (Å²) in [5.74, 6) is 0.864. The Bertz CT molecular complexity index is 419. The molecular formula is C12H15NO2S. The molecular weight excluding hydrogens is 222 g/mol. The van der Waals surface area contributed by atoms with Crippen LogP contribution in [0.4, 0.5) is 5.69 Å². The summed E-state index contributed by atoms with van der Waals surface area (Å²) in [6, 6.07) is 5.89. The van der Waals surface area contributed by atoms with Crippen LogP contribution in [0, 0.1) is 6.92 Å². The van der Waals surface area contributed by atoms with Crippen LogP contribution in [0.5, 0.6) is 5.75 Å². The molecule has 1 atom stereocenters. The zero-order valence-electron chi connectivity index (χ0n) is 9.69. The summed E-state index contributed by atoms with van der Waals surface area (Å²) in [5.41, 5.74) is 1.96. The number of amides is 1. The molecule has 0 fully saturated rings. The van der Waals surface area contributed by atoms with Crippen LogP contribution in [0.3, 0.4) is 0 Å². The molecule has 4 heteroatoms. The Morgan fingerprint density at radius 3 is 2.94 bits per heavy atom. The van der Waals surface area contributed by atoms with Gasteiger partial charge in [0, 0.05) is 0 Å². The van der Waals surface area contributed by atoms with Gasteiger partial charge in [0.05, 0.1) is 11.1 Å². The van der Waals surface area contributed by atoms with Gasteiger partial charge in [0.25, 0.3) is 5.91 Å². The third-order valence-corrected chi connectivity index (χ3v) is 3.66. The van der Waals surface area contributed by atoms with E-state index in [1.807, 2.05) is 43.2 Å². The van der Waals surface area contributed by atoms with Gasteiger partial charge in [0.1, 0.15) is 5.75 Å². The average molecular weight is 237 g/mol. The van der Waals surface area contributed by atoms with Crippen LogP contribution < -0.4 is 9.64 Å². The van der Waals surface area contributed by atoms with Crippen LogP contribution in [0.15, 0.2) is 18.2 Å². The summed E-state index contributed by atoms with van der Waals surface area (Å²) in [6.45, 7) is 4.17. The van der Waals surface area contributed by atoms with Gasteiger partial charge in [0.15, 0.2) is 6.61 Å². The number of thioether (sulfide) groups is 1. The number of para-hydroxylation sites is 1. The number of fused-ring (bicyclic) bond motifs is 1. The van der Waals surface area contributed by atoms with Crippen molar-refractivity contribution in [3.05, 3.63) is 23.8 Å². The molecule has 0 saturated heterocycles. The van der Waals surface area contributed by atoms with E-state index in [0.29, 0.717) is 0 Å². The second-order valence-corrected chi connectivity index (χ2v) is 4.96. The van der Waals surface area contributed by atoms with Crippen molar-refractivity contribution >= 4 is 23.4 Å². The Morgan fingerprint density at radius 1 is 1.50 bits per heavy atom. The van der Waals surface area contributed by atoms with Crippen molar-refractivity contribution in [2.45, 2.75) is 19.2 Å². The molecule has 0 aromatic heterocycles. The summed E-state index contributed by atoms with van der Waals surface area (Å²) in [4.78, 5) is 13.7. The minimum Gasteiger partial charge on any atom is -0.481 e. The Labute approximate surface area is 99.8 Å². The Hall–Kier alpha value is -1.16. The molecule has 0 N–H and O–H groups in total. The van der Waals surface area contributed by atoms with Gasteiger partial charge in [-0.1, -0.05) is 12.1 Å². The van der Waals surface area contributed by atoms with E-state index in [0.717, 1.165) is 17.0 Å². The van der Waals surface area contributed by atoms with E-state index in [1.165, 1.54) is 0 Å². The predicted molar refractivity (Wildman–Crippen MR) is 67.1 cm³/mol. The topological polar surface area (TPSA) is 29.5 Å². The van der Waals surface area contributed by atoms with Crippen LogP contribution in [0.2, 0.25) is 0 Å². The van der Waals surface area contributed by atoms with Gasteiger partial charge in [-0.2, -0.15) is 0 Å². The van der Waals surface area contributed by atoms with Gasteiger partial charge in [-0.3, -0.25) is 9.69 Å². The fourth-order valence-corrected chi connectivity index (χ4v) is 2.30. The number of carbonyl (C=O) groups excluding carboxylic acids is 1. The number of hydrogen-bond donors (Lipinski definition) is 0. The van der Waals surface area contributed by atoms with Crippen LogP contribution in [-0.4, -0.2) is 24.1 Å². The van der Waals surface area contributed by atoms with E-state index in [1.54, 1.807) is 11.8 Å². The third-order valence-electron chi connectivity index (χ3n) is 2.76. The predicted octanol–water partition coefficient (Wildman–Crippen LogP) is 2.43. The Balaban J connectivity index is 2.48. The average Bonchev–Trinajstić information content (AvgIpc) is 2.28. The fraction of sp³-hybridized carbons (Fsp3) is 0.417. The van der Waals surface area contributed by atoms with Crippen molar-refractivity contribution in [3.63, 3.8) is 0 Å². The standard InChI is InChI=1S/C12H15NO2S/c1-8-5-4-6-10-12(8)15-7-11(14)13(10)9(2)16-3/h4-6,9H,7H2,1-3H3. The molecule has 86 valence electrons. The Kier molecular flexibility index (Phi) is 3.10. The first-order valence-electron chi connectivity index (χ1n) is 5.22. The van der Waals surface area contributed by atoms with Gasteiger partial charge in [0.2, 0.25) is 0 Å². The fourth-order valence-electron chi connectivity index (χ4n) is 1.86. The molecule has 2 rings (SSSR count). The van der Waals surface area contributed by atoms with Crippen molar-refractivity contribution in [1.29, 1.82) is 0 Å². The largest absolute Gasteiger partial charge is 0.481 e. The van der Waals surface area contributed by atoms with Crippen LogP contribution in [-0.2, 0) is 4.79 Å². The normalized spacial score (nSPS) is 16.7. The van der Waals surface area contributed by atoms with E-state index in [2.05, 4.69) is 0 Å². The number of ether oxygens (including phenoxy) is 1. The maximum absolute atomic E-state index is 11.9. The molecule has 1 unspecified atom stereocenters. The molecule has 3 nitrogen and oxygen atoms in total. The molecule has 0 radical (unpaired) electrons. The Morgan fingerprint density at radius 2 is 2.25 bits per heavy atom. The molecule has 1 aromatic rings. The first kappa shape index (κ1) is 11.3. The van der Waals surface area contributed by atoms with Crippen molar-refractivity contribution in [3.8, 4) is 5.75 Å². The highest BCUT2D eigenvalue weighted by molar-refractivity contribution is 7.99. The second kappa shape index (κ2) is 4.37. The van der Waals surface area contributed by atoms with Crippen molar-refractivity contribution in [2.24, 2.45) is 0 Å². The lowest BCUT2D eigenvalue weighted by atomic mass is 10.1. The SMILES string of the molecule is CSC(C)N1C(=O)COc2c(C)cccc21. The highest BCUT2D eigenvalue weighted by Gasteiger charge is 2.29. The van der Waals surface area contributed by atoms with Crippen LogP contribution in [0.1, 0.15) is 12.5 Å². The van der Waals surface area contributed by atoms with E-state index in [4.69, 9.17) is 4.74 Å². The molecule has 0 saturated carbocycles. The highest BCUT2D eigenvalue weighted by Crippen LogP contribution is 2.37. The minimum atomic E-state index is 0.0277. The van der Waals surface area contributed by atoms with E-state index in [-0.39, 0.29) is 17.9 Å². The molecule has 1 aromatic carbocycles. The molecule has 1 aliphatic rings. The summed E-state index contributed by atoms with van der Waals surface area (Å²) in [6.07, 6.45) is 2.00. The number of rotatable bonds is 2. The molecule has 1 aliphatic heterocycles. The molecule has 0 bridgehead atoms. The maximum atomic E-state index is 11.9. The number of anilines is 1. The van der Waals surface area contributed by atoms with Gasteiger partial charge in [-0.05, 0) is 31.7 Å². The number of carbonyl (C=O) groups is 1. The van der Waals surface area contributed by atoms with Gasteiger partial charge in [-0.15, -0.1) is 11.8 Å². The zero-order chi connectivity index (χ0) is 11.7. The summed E-state index contributed by atoms with van der Waals surface area (Å²) < 4.78 is 5.49. The lowest BCUT2D eigenvalue weighted by molar-refractivity contribution is -0.121. The summed E-state index contributed by atoms with van der Waals surface area (Å²) >= 11 is 1.65. The van der Waals surface area contributed by atoms with E-state index >= 15 is 0 Å². The van der Waals surface area contributed by atoms with Crippen molar-refractivity contribution in [1.82, 2.24) is 0 Å². The number of aryl methyl sites for hydroxylation is 1. The minimum absolute atomic E-state index is 0.0277. The highest BCUT2D eigenvalue weighted by atomic mass is 32.2. The van der Waals surface area contributed by atoms with Gasteiger partial charge in [-0.25, -0.2) is 0 Å². The lowest BCUT2D eigenvalue weighted by Gasteiger charge is -2.33. The summed E-state index contributed by atoms with van der Waals surface area (Å²) in [5, 5.41) is 0.136. The second-order valence-electron chi connectivity index (χ2n) is 3.81. The molecule has 16 heavy (non-hydrogen) atoms. The quantitative estimate of drug-likeness (QED) is 0.791. The lowest BCUT2D eigenvalue weighted by Crippen LogP contribution is -2.43. The van der Waals surface area contributed by atoms with Crippen molar-refractivity contribution < 1.29 is 9.53 Å². The maximum Gasteiger partial charge on any atom is 0.265 e. The summed E-state index contributed by atoms with van der Waals surface area (Å²) in [7, 11) is 0. The molecule has 1 amide bonds. The van der Waals surface area contributed by atoms with Crippen LogP contribution >= 0.6 is 11.8 Å². The number of benzene rings is 1. The first-order valence-corrected chi connectivity index (χ1v) is 6.51. The zero-order valence-corrected chi connectivity index (χ0v) is 10.5. The van der Waals surface area contributed by atoms with Gasteiger partial charge < -0.3 is 4.74 Å². The number of nitrogens with zero attached hydrogens (tertiary/aromatic N) is 1. The van der Waals surface area contributed by atoms with Crippen molar-refractivity contribution in [2.75, 3.05) is 17.8 Å². The molecule has 0 spiro atoms. The number of hydrogen-bond acceptors (Lipinski definition) is 3. The van der Waals surface area contributed by atoms with Gasteiger partial charge >= 0.3 is 0 Å². The third kappa shape index (κ3) is 1.78. The van der Waals surface area contributed by atoms with E-state index in [9.17, 15) is 4.79 Å². The van der Waals surface area contributed by atoms with E-state index < -0.39 is 0 Å². The molecule has 1 heterocycles.